The maximum Gasteiger partial charge on any atom is 0.311 e. The zero-order chi connectivity index (χ0) is 17.5. The van der Waals surface area contributed by atoms with E-state index in [1.807, 2.05) is 36.4 Å². The van der Waals surface area contributed by atoms with Crippen LogP contribution >= 0.6 is 0 Å². The number of hydrogen-bond donors (Lipinski definition) is 0. The van der Waals surface area contributed by atoms with Crippen molar-refractivity contribution in [1.29, 1.82) is 0 Å². The predicted octanol–water partition coefficient (Wildman–Crippen LogP) is 2.90. The normalized spacial score (nSPS) is 15.0. The van der Waals surface area contributed by atoms with Crippen molar-refractivity contribution in [3.63, 3.8) is 0 Å². The van der Waals surface area contributed by atoms with E-state index in [1.54, 1.807) is 12.1 Å². The molecule has 1 saturated heterocycles. The minimum Gasteiger partial charge on any atom is -0.485 e. The first kappa shape index (κ1) is 17.4. The second kappa shape index (κ2) is 8.60. The van der Waals surface area contributed by atoms with Gasteiger partial charge in [-0.1, -0.05) is 36.4 Å². The van der Waals surface area contributed by atoms with Crippen molar-refractivity contribution in [2.24, 2.45) is 0 Å². The van der Waals surface area contributed by atoms with Crippen LogP contribution in [0.25, 0.3) is 0 Å². The highest BCUT2D eigenvalue weighted by Gasteiger charge is 2.17. The molecule has 0 atom stereocenters. The third-order valence-electron chi connectivity index (χ3n) is 4.24. The zero-order valence-corrected chi connectivity index (χ0v) is 14.1. The molecular formula is C19H22N2O4. The molecule has 0 bridgehead atoms. The molecule has 1 aliphatic heterocycles. The Kier molecular flexibility index (Phi) is 5.98. The van der Waals surface area contributed by atoms with Gasteiger partial charge in [-0.25, -0.2) is 0 Å². The third-order valence-corrected chi connectivity index (χ3v) is 4.24. The summed E-state index contributed by atoms with van der Waals surface area (Å²) < 4.78 is 11.0. The smallest absolute Gasteiger partial charge is 0.311 e. The summed E-state index contributed by atoms with van der Waals surface area (Å²) in [4.78, 5) is 13.2. The van der Waals surface area contributed by atoms with Gasteiger partial charge in [-0.05, 0) is 23.6 Å². The van der Waals surface area contributed by atoms with Gasteiger partial charge in [0.25, 0.3) is 0 Å². The SMILES string of the molecule is O=[N+]([O-])c1cc(Cc2ccccc2)ccc1OCCN1CCOCC1. The fraction of sp³-hybridized carbons (Fsp3) is 0.368. The van der Waals surface area contributed by atoms with Gasteiger partial charge >= 0.3 is 5.69 Å². The lowest BCUT2D eigenvalue weighted by Gasteiger charge is -2.26. The Morgan fingerprint density at radius 2 is 1.84 bits per heavy atom. The van der Waals surface area contributed by atoms with E-state index in [2.05, 4.69) is 4.90 Å². The summed E-state index contributed by atoms with van der Waals surface area (Å²) in [5.74, 6) is 0.329. The number of hydrogen-bond acceptors (Lipinski definition) is 5. The molecule has 6 nitrogen and oxygen atoms in total. The quantitative estimate of drug-likeness (QED) is 0.572. The van der Waals surface area contributed by atoms with Gasteiger partial charge < -0.3 is 9.47 Å². The molecule has 0 amide bonds. The van der Waals surface area contributed by atoms with Crippen molar-refractivity contribution < 1.29 is 14.4 Å². The zero-order valence-electron chi connectivity index (χ0n) is 14.1. The van der Waals surface area contributed by atoms with Crippen molar-refractivity contribution in [3.8, 4) is 5.75 Å². The summed E-state index contributed by atoms with van der Waals surface area (Å²) in [6, 6.07) is 15.1. The van der Waals surface area contributed by atoms with Gasteiger partial charge in [-0.15, -0.1) is 0 Å². The van der Waals surface area contributed by atoms with E-state index in [0.717, 1.165) is 44.0 Å². The topological polar surface area (TPSA) is 64.8 Å². The van der Waals surface area contributed by atoms with Gasteiger partial charge in [-0.2, -0.15) is 0 Å². The van der Waals surface area contributed by atoms with E-state index in [4.69, 9.17) is 9.47 Å². The van der Waals surface area contributed by atoms with Crippen molar-refractivity contribution in [2.45, 2.75) is 6.42 Å². The second-order valence-electron chi connectivity index (χ2n) is 6.02. The molecule has 1 fully saturated rings. The minimum absolute atomic E-state index is 0.0235. The van der Waals surface area contributed by atoms with E-state index >= 15 is 0 Å². The van der Waals surface area contributed by atoms with Gasteiger partial charge in [0.2, 0.25) is 0 Å². The van der Waals surface area contributed by atoms with E-state index in [-0.39, 0.29) is 10.6 Å². The van der Waals surface area contributed by atoms with E-state index in [0.29, 0.717) is 18.8 Å². The van der Waals surface area contributed by atoms with Crippen LogP contribution in [-0.4, -0.2) is 49.3 Å². The number of rotatable bonds is 7. The Morgan fingerprint density at radius 1 is 1.08 bits per heavy atom. The fourth-order valence-electron chi connectivity index (χ4n) is 2.88. The molecule has 3 rings (SSSR count). The van der Waals surface area contributed by atoms with Crippen LogP contribution in [0.15, 0.2) is 48.5 Å². The van der Waals surface area contributed by atoms with Crippen molar-refractivity contribution in [2.75, 3.05) is 39.5 Å². The van der Waals surface area contributed by atoms with E-state index in [1.165, 1.54) is 0 Å². The van der Waals surface area contributed by atoms with Gasteiger partial charge in [0.1, 0.15) is 6.61 Å². The highest BCUT2D eigenvalue weighted by Crippen LogP contribution is 2.29. The maximum atomic E-state index is 11.4. The molecule has 6 heteroatoms. The van der Waals surface area contributed by atoms with Crippen LogP contribution in [0, 0.1) is 10.1 Å². The number of nitro benzene ring substituents is 1. The second-order valence-corrected chi connectivity index (χ2v) is 6.02. The monoisotopic (exact) mass is 342 g/mol. The summed E-state index contributed by atoms with van der Waals surface area (Å²) in [6.45, 7) is 4.39. The third kappa shape index (κ3) is 5.01. The van der Waals surface area contributed by atoms with Crippen LogP contribution in [0.2, 0.25) is 0 Å². The molecule has 1 aliphatic rings. The molecular weight excluding hydrogens is 320 g/mol. The summed E-state index contributed by atoms with van der Waals surface area (Å²) in [5, 5.41) is 11.4. The molecule has 0 spiro atoms. The Morgan fingerprint density at radius 3 is 2.56 bits per heavy atom. The van der Waals surface area contributed by atoms with Crippen LogP contribution in [0.5, 0.6) is 5.75 Å². The van der Waals surface area contributed by atoms with Gasteiger partial charge in [0.15, 0.2) is 5.75 Å². The van der Waals surface area contributed by atoms with Crippen molar-refractivity contribution in [3.05, 3.63) is 69.8 Å². The van der Waals surface area contributed by atoms with E-state index < -0.39 is 0 Å². The van der Waals surface area contributed by atoms with Crippen LogP contribution < -0.4 is 4.74 Å². The highest BCUT2D eigenvalue weighted by molar-refractivity contribution is 5.49. The Hall–Kier alpha value is -2.44. The van der Waals surface area contributed by atoms with Gasteiger partial charge in [0, 0.05) is 25.7 Å². The predicted molar refractivity (Wildman–Crippen MR) is 95.1 cm³/mol. The number of ether oxygens (including phenoxy) is 2. The molecule has 0 radical (unpaired) electrons. The first-order chi connectivity index (χ1) is 12.2. The van der Waals surface area contributed by atoms with Crippen molar-refractivity contribution in [1.82, 2.24) is 4.90 Å². The minimum atomic E-state index is -0.376. The molecule has 25 heavy (non-hydrogen) atoms. The maximum absolute atomic E-state index is 11.4. The lowest BCUT2D eigenvalue weighted by Crippen LogP contribution is -2.38. The first-order valence-corrected chi connectivity index (χ1v) is 8.46. The van der Waals surface area contributed by atoms with Crippen molar-refractivity contribution >= 4 is 5.69 Å². The van der Waals surface area contributed by atoms with Gasteiger partial charge in [0.05, 0.1) is 18.1 Å². The Balaban J connectivity index is 1.63. The number of nitro groups is 1. The molecule has 0 unspecified atom stereocenters. The number of nitrogens with zero attached hydrogens (tertiary/aromatic N) is 2. The van der Waals surface area contributed by atoms with Crippen LogP contribution in [0.3, 0.4) is 0 Å². The molecule has 0 aliphatic carbocycles. The molecule has 2 aromatic rings. The average Bonchev–Trinajstić information content (AvgIpc) is 2.64. The Bertz CT molecular complexity index is 700. The standard InChI is InChI=1S/C19H22N2O4/c22-21(23)18-15-17(14-16-4-2-1-3-5-16)6-7-19(18)25-13-10-20-8-11-24-12-9-20/h1-7,15H,8-14H2. The fourth-order valence-corrected chi connectivity index (χ4v) is 2.88. The summed E-state index contributed by atoms with van der Waals surface area (Å²) in [5.41, 5.74) is 2.05. The number of morpholine rings is 1. The molecule has 0 saturated carbocycles. The Labute approximate surface area is 147 Å². The first-order valence-electron chi connectivity index (χ1n) is 8.46. The molecule has 2 aromatic carbocycles. The molecule has 132 valence electrons. The summed E-state index contributed by atoms with van der Waals surface area (Å²) in [7, 11) is 0. The lowest BCUT2D eigenvalue weighted by atomic mass is 10.0. The van der Waals surface area contributed by atoms with Crippen LogP contribution in [0.4, 0.5) is 5.69 Å². The molecule has 0 aromatic heterocycles. The molecule has 1 heterocycles. The van der Waals surface area contributed by atoms with E-state index in [9.17, 15) is 10.1 Å². The summed E-state index contributed by atoms with van der Waals surface area (Å²) >= 11 is 0. The van der Waals surface area contributed by atoms with Crippen LogP contribution in [-0.2, 0) is 11.2 Å². The average molecular weight is 342 g/mol. The summed E-state index contributed by atoms with van der Waals surface area (Å²) in [6.07, 6.45) is 0.662. The number of benzene rings is 2. The molecule has 0 N–H and O–H groups in total. The highest BCUT2D eigenvalue weighted by atomic mass is 16.6. The largest absolute Gasteiger partial charge is 0.485 e. The lowest BCUT2D eigenvalue weighted by molar-refractivity contribution is -0.385. The van der Waals surface area contributed by atoms with Crippen LogP contribution in [0.1, 0.15) is 11.1 Å². The van der Waals surface area contributed by atoms with Gasteiger partial charge in [-0.3, -0.25) is 15.0 Å².